The standard InChI is InChI=1S/C22H36N2O/c1-16-14-22(3)20(13-18-9-6-7-10-21(18)25-22)17(2)19(16)15-23-11-8-12-24(4)5/h6-7,9-10,16-17,19-20,23H,8,11-15H2,1-5H3/p+2/t16-,17-,19-,20+,22-/m1/s1. The number of nitrogens with two attached hydrogens (primary N) is 1. The third-order valence-corrected chi connectivity index (χ3v) is 6.83. The van der Waals surface area contributed by atoms with E-state index >= 15 is 0 Å². The summed E-state index contributed by atoms with van der Waals surface area (Å²) < 4.78 is 6.57. The summed E-state index contributed by atoms with van der Waals surface area (Å²) in [5.41, 5.74) is 1.42. The number of nitrogens with one attached hydrogen (secondary N) is 1. The van der Waals surface area contributed by atoms with E-state index in [9.17, 15) is 0 Å². The predicted octanol–water partition coefficient (Wildman–Crippen LogP) is 1.39. The zero-order chi connectivity index (χ0) is 18.0. The number of benzene rings is 1. The second-order valence-corrected chi connectivity index (χ2v) is 9.16. The van der Waals surface area contributed by atoms with Crippen LogP contribution in [0, 0.1) is 23.7 Å². The van der Waals surface area contributed by atoms with Crippen LogP contribution in [0.1, 0.15) is 39.2 Å². The lowest BCUT2D eigenvalue weighted by Gasteiger charge is -2.53. The molecular formula is C22H38N2O+2. The molecule has 1 aromatic carbocycles. The second-order valence-electron chi connectivity index (χ2n) is 9.16. The number of hydrogen-bond donors (Lipinski definition) is 2. The molecule has 3 nitrogen and oxygen atoms in total. The van der Waals surface area contributed by atoms with E-state index in [0.29, 0.717) is 5.92 Å². The Bertz CT molecular complexity index is 573. The Morgan fingerprint density at radius 1 is 1.24 bits per heavy atom. The van der Waals surface area contributed by atoms with Crippen molar-refractivity contribution in [2.75, 3.05) is 33.7 Å². The van der Waals surface area contributed by atoms with Crippen molar-refractivity contribution in [2.45, 2.75) is 45.6 Å². The molecule has 1 fully saturated rings. The average Bonchev–Trinajstić information content (AvgIpc) is 2.55. The van der Waals surface area contributed by atoms with Gasteiger partial charge in [0.2, 0.25) is 0 Å². The minimum absolute atomic E-state index is 0.0119. The molecule has 0 saturated heterocycles. The van der Waals surface area contributed by atoms with Crippen molar-refractivity contribution in [2.24, 2.45) is 23.7 Å². The number of fused-ring (bicyclic) bond motifs is 2. The van der Waals surface area contributed by atoms with Gasteiger partial charge in [-0.05, 0) is 43.2 Å². The van der Waals surface area contributed by atoms with E-state index in [2.05, 4.69) is 64.4 Å². The third-order valence-electron chi connectivity index (χ3n) is 6.83. The SMILES string of the molecule is C[C@@H]1[C@H](C[NH2+]CCC[NH+](C)C)[C@H](C)C[C@@]2(C)Oc3ccccc3C[C@@H]12. The van der Waals surface area contributed by atoms with E-state index in [-0.39, 0.29) is 5.60 Å². The summed E-state index contributed by atoms with van der Waals surface area (Å²) in [5, 5.41) is 2.57. The molecule has 0 bridgehead atoms. The molecule has 0 aromatic heterocycles. The molecule has 1 aromatic rings. The van der Waals surface area contributed by atoms with Gasteiger partial charge >= 0.3 is 0 Å². The van der Waals surface area contributed by atoms with Gasteiger partial charge in [-0.25, -0.2) is 0 Å². The van der Waals surface area contributed by atoms with Crippen molar-refractivity contribution < 1.29 is 15.0 Å². The Hall–Kier alpha value is -1.06. The van der Waals surface area contributed by atoms with Crippen molar-refractivity contribution in [3.8, 4) is 5.75 Å². The molecule has 140 valence electrons. The highest BCUT2D eigenvalue weighted by atomic mass is 16.5. The summed E-state index contributed by atoms with van der Waals surface area (Å²) in [4.78, 5) is 1.56. The molecule has 0 unspecified atom stereocenters. The van der Waals surface area contributed by atoms with Gasteiger partial charge in [0, 0.05) is 18.3 Å². The van der Waals surface area contributed by atoms with Crippen molar-refractivity contribution in [1.82, 2.24) is 0 Å². The number of ether oxygens (including phenoxy) is 1. The van der Waals surface area contributed by atoms with Crippen LogP contribution in [-0.2, 0) is 6.42 Å². The van der Waals surface area contributed by atoms with Crippen LogP contribution in [0.15, 0.2) is 24.3 Å². The van der Waals surface area contributed by atoms with Crippen LogP contribution in [0.4, 0.5) is 0 Å². The van der Waals surface area contributed by atoms with E-state index in [1.165, 1.54) is 44.5 Å². The van der Waals surface area contributed by atoms with Gasteiger partial charge in [-0.2, -0.15) is 0 Å². The molecule has 1 saturated carbocycles. The lowest BCUT2D eigenvalue weighted by molar-refractivity contribution is -0.860. The molecule has 1 aliphatic carbocycles. The van der Waals surface area contributed by atoms with Crippen LogP contribution in [0.25, 0.3) is 0 Å². The molecule has 1 heterocycles. The highest BCUT2D eigenvalue weighted by Gasteiger charge is 2.51. The third kappa shape index (κ3) is 4.03. The lowest BCUT2D eigenvalue weighted by atomic mass is 9.59. The number of rotatable bonds is 6. The summed E-state index contributed by atoms with van der Waals surface area (Å²) in [6.07, 6.45) is 3.69. The summed E-state index contributed by atoms with van der Waals surface area (Å²) in [7, 11) is 4.49. The monoisotopic (exact) mass is 346 g/mol. The fourth-order valence-electron chi connectivity index (χ4n) is 5.45. The topological polar surface area (TPSA) is 30.3 Å². The van der Waals surface area contributed by atoms with Crippen LogP contribution in [0.2, 0.25) is 0 Å². The number of para-hydroxylation sites is 1. The normalized spacial score (nSPS) is 34.3. The summed E-state index contributed by atoms with van der Waals surface area (Å²) in [6.45, 7) is 11.1. The molecule has 0 amide bonds. The van der Waals surface area contributed by atoms with Gasteiger partial charge in [-0.15, -0.1) is 0 Å². The second kappa shape index (κ2) is 7.67. The fraction of sp³-hybridized carbons (Fsp3) is 0.727. The van der Waals surface area contributed by atoms with Crippen LogP contribution in [0.3, 0.4) is 0 Å². The Balaban J connectivity index is 1.64. The Morgan fingerprint density at radius 3 is 2.76 bits per heavy atom. The Labute approximate surface area is 154 Å². The van der Waals surface area contributed by atoms with Gasteiger partial charge in [0.25, 0.3) is 0 Å². The van der Waals surface area contributed by atoms with Crippen molar-refractivity contribution >= 4 is 0 Å². The summed E-state index contributed by atoms with van der Waals surface area (Å²) in [6, 6.07) is 8.66. The van der Waals surface area contributed by atoms with E-state index in [0.717, 1.165) is 23.5 Å². The molecule has 1 aliphatic heterocycles. The average molecular weight is 347 g/mol. The van der Waals surface area contributed by atoms with Crippen LogP contribution in [-0.4, -0.2) is 39.3 Å². The molecule has 2 aliphatic rings. The summed E-state index contributed by atoms with van der Waals surface area (Å²) in [5.74, 6) is 4.02. The van der Waals surface area contributed by atoms with E-state index in [1.807, 2.05) is 0 Å². The van der Waals surface area contributed by atoms with E-state index in [1.54, 1.807) is 4.90 Å². The maximum atomic E-state index is 6.57. The first-order valence-corrected chi connectivity index (χ1v) is 10.3. The van der Waals surface area contributed by atoms with Gasteiger partial charge in [-0.3, -0.25) is 0 Å². The lowest BCUT2D eigenvalue weighted by Crippen LogP contribution is -3.06. The molecule has 25 heavy (non-hydrogen) atoms. The minimum Gasteiger partial charge on any atom is -0.487 e. The maximum Gasteiger partial charge on any atom is 0.123 e. The Kier molecular flexibility index (Phi) is 5.75. The minimum atomic E-state index is 0.0119. The van der Waals surface area contributed by atoms with E-state index in [4.69, 9.17) is 4.74 Å². The van der Waals surface area contributed by atoms with Crippen LogP contribution >= 0.6 is 0 Å². The first kappa shape index (κ1) is 18.7. The van der Waals surface area contributed by atoms with Crippen LogP contribution < -0.4 is 15.0 Å². The first-order valence-electron chi connectivity index (χ1n) is 10.3. The molecule has 0 radical (unpaired) electrons. The number of hydrogen-bond acceptors (Lipinski definition) is 1. The Morgan fingerprint density at radius 2 is 2.00 bits per heavy atom. The largest absolute Gasteiger partial charge is 0.487 e. The van der Waals surface area contributed by atoms with Gasteiger partial charge < -0.3 is 15.0 Å². The van der Waals surface area contributed by atoms with Gasteiger partial charge in [0.15, 0.2) is 0 Å². The van der Waals surface area contributed by atoms with Crippen LogP contribution in [0.5, 0.6) is 5.75 Å². The van der Waals surface area contributed by atoms with Crippen molar-refractivity contribution in [3.63, 3.8) is 0 Å². The van der Waals surface area contributed by atoms with E-state index < -0.39 is 0 Å². The van der Waals surface area contributed by atoms with Gasteiger partial charge in [-0.1, -0.05) is 32.0 Å². The van der Waals surface area contributed by atoms with Gasteiger partial charge in [0.1, 0.15) is 11.4 Å². The molecule has 3 N–H and O–H groups in total. The number of quaternary nitrogens is 2. The fourth-order valence-corrected chi connectivity index (χ4v) is 5.45. The molecule has 0 spiro atoms. The summed E-state index contributed by atoms with van der Waals surface area (Å²) >= 11 is 0. The first-order chi connectivity index (χ1) is 11.9. The van der Waals surface area contributed by atoms with Crippen molar-refractivity contribution in [1.29, 1.82) is 0 Å². The molecule has 5 atom stereocenters. The molecule has 3 rings (SSSR count). The molecule has 3 heteroatoms. The zero-order valence-electron chi connectivity index (χ0n) is 16.8. The smallest absolute Gasteiger partial charge is 0.123 e. The highest BCUT2D eigenvalue weighted by Crippen LogP contribution is 2.50. The maximum absolute atomic E-state index is 6.57. The quantitative estimate of drug-likeness (QED) is 0.749. The zero-order valence-corrected chi connectivity index (χ0v) is 16.8. The van der Waals surface area contributed by atoms with Crippen molar-refractivity contribution in [3.05, 3.63) is 29.8 Å². The van der Waals surface area contributed by atoms with Gasteiger partial charge in [0.05, 0.1) is 33.7 Å². The highest BCUT2D eigenvalue weighted by molar-refractivity contribution is 5.37. The predicted molar refractivity (Wildman–Crippen MR) is 103 cm³/mol. The molecular weight excluding hydrogens is 308 g/mol.